The molecule has 23 heavy (non-hydrogen) atoms. The molecule has 1 amide bonds. The summed E-state index contributed by atoms with van der Waals surface area (Å²) in [6.07, 6.45) is 5.02. The minimum Gasteiger partial charge on any atom is -0.357 e. The summed E-state index contributed by atoms with van der Waals surface area (Å²) < 4.78 is 0. The van der Waals surface area contributed by atoms with Gasteiger partial charge in [-0.05, 0) is 43.9 Å². The number of aromatic nitrogens is 2. The van der Waals surface area contributed by atoms with Gasteiger partial charge in [0.25, 0.3) is 5.91 Å². The van der Waals surface area contributed by atoms with E-state index in [4.69, 9.17) is 11.6 Å². The van der Waals surface area contributed by atoms with Crippen molar-refractivity contribution in [1.29, 1.82) is 0 Å². The zero-order valence-electron chi connectivity index (χ0n) is 13.1. The van der Waals surface area contributed by atoms with Crippen LogP contribution >= 0.6 is 11.6 Å². The third-order valence-corrected chi connectivity index (χ3v) is 4.25. The lowest BCUT2D eigenvalue weighted by Crippen LogP contribution is -2.30. The van der Waals surface area contributed by atoms with Crippen LogP contribution in [0.5, 0.6) is 0 Å². The van der Waals surface area contributed by atoms with E-state index in [-0.39, 0.29) is 5.91 Å². The predicted octanol–water partition coefficient (Wildman–Crippen LogP) is 3.68. The third-order valence-electron chi connectivity index (χ3n) is 4.01. The Balaban J connectivity index is 1.78. The van der Waals surface area contributed by atoms with Gasteiger partial charge in [0.05, 0.1) is 0 Å². The summed E-state index contributed by atoms with van der Waals surface area (Å²) in [5, 5.41) is 3.45. The number of rotatable bonds is 3. The van der Waals surface area contributed by atoms with E-state index < -0.39 is 0 Å². The van der Waals surface area contributed by atoms with Crippen molar-refractivity contribution in [3.63, 3.8) is 0 Å². The molecule has 0 atom stereocenters. The van der Waals surface area contributed by atoms with Gasteiger partial charge in [0, 0.05) is 29.9 Å². The first kappa shape index (κ1) is 15.7. The Morgan fingerprint density at radius 1 is 1.17 bits per heavy atom. The summed E-state index contributed by atoms with van der Waals surface area (Å²) in [6, 6.07) is 7.16. The van der Waals surface area contributed by atoms with Gasteiger partial charge in [-0.3, -0.25) is 4.79 Å². The molecular weight excluding hydrogens is 312 g/mol. The SMILES string of the molecule is Cc1ccc(Cl)cc1NC(=O)c1cc(N2CCCCC2)ncn1. The number of halogens is 1. The summed E-state index contributed by atoms with van der Waals surface area (Å²) in [4.78, 5) is 23.0. The molecule has 1 N–H and O–H groups in total. The number of nitrogens with zero attached hydrogens (tertiary/aromatic N) is 3. The Morgan fingerprint density at radius 2 is 1.96 bits per heavy atom. The second kappa shape index (κ2) is 6.96. The van der Waals surface area contributed by atoms with Crippen molar-refractivity contribution in [2.75, 3.05) is 23.3 Å². The molecule has 2 heterocycles. The van der Waals surface area contributed by atoms with E-state index in [1.54, 1.807) is 18.2 Å². The molecule has 0 saturated carbocycles. The maximum Gasteiger partial charge on any atom is 0.274 e. The molecule has 5 nitrogen and oxygen atoms in total. The first-order valence-electron chi connectivity index (χ1n) is 7.78. The number of aryl methyl sites for hydroxylation is 1. The lowest BCUT2D eigenvalue weighted by atomic mass is 10.1. The summed E-state index contributed by atoms with van der Waals surface area (Å²) in [5.74, 6) is 0.559. The Hall–Kier alpha value is -2.14. The molecule has 1 fully saturated rings. The summed E-state index contributed by atoms with van der Waals surface area (Å²) in [5.41, 5.74) is 2.01. The minimum atomic E-state index is -0.254. The fourth-order valence-corrected chi connectivity index (χ4v) is 2.85. The van der Waals surface area contributed by atoms with Crippen LogP contribution in [0.25, 0.3) is 0 Å². The van der Waals surface area contributed by atoms with E-state index in [9.17, 15) is 4.79 Å². The molecule has 1 aromatic carbocycles. The van der Waals surface area contributed by atoms with Gasteiger partial charge >= 0.3 is 0 Å². The minimum absolute atomic E-state index is 0.254. The van der Waals surface area contributed by atoms with E-state index in [0.29, 0.717) is 16.4 Å². The van der Waals surface area contributed by atoms with Gasteiger partial charge in [-0.2, -0.15) is 0 Å². The number of benzene rings is 1. The van der Waals surface area contributed by atoms with Gasteiger partial charge in [0.1, 0.15) is 17.8 Å². The second-order valence-corrected chi connectivity index (χ2v) is 6.16. The number of amides is 1. The first-order chi connectivity index (χ1) is 11.1. The Morgan fingerprint density at radius 3 is 2.74 bits per heavy atom. The van der Waals surface area contributed by atoms with Crippen LogP contribution in [0.15, 0.2) is 30.6 Å². The fourth-order valence-electron chi connectivity index (χ4n) is 2.68. The molecule has 1 aromatic heterocycles. The number of hydrogen-bond donors (Lipinski definition) is 1. The van der Waals surface area contributed by atoms with Crippen LogP contribution in [-0.2, 0) is 0 Å². The zero-order valence-corrected chi connectivity index (χ0v) is 13.8. The van der Waals surface area contributed by atoms with Crippen molar-refractivity contribution >= 4 is 29.0 Å². The van der Waals surface area contributed by atoms with Crippen LogP contribution in [0.4, 0.5) is 11.5 Å². The highest BCUT2D eigenvalue weighted by atomic mass is 35.5. The molecule has 2 aromatic rings. The molecule has 0 unspecified atom stereocenters. The predicted molar refractivity (Wildman–Crippen MR) is 92.2 cm³/mol. The normalized spacial score (nSPS) is 14.6. The van der Waals surface area contributed by atoms with Crippen LogP contribution in [0.3, 0.4) is 0 Å². The van der Waals surface area contributed by atoms with Gasteiger partial charge in [-0.15, -0.1) is 0 Å². The number of nitrogens with one attached hydrogen (secondary N) is 1. The van der Waals surface area contributed by atoms with Crippen LogP contribution in [0.1, 0.15) is 35.3 Å². The molecule has 1 aliphatic heterocycles. The molecule has 6 heteroatoms. The van der Waals surface area contributed by atoms with Gasteiger partial charge < -0.3 is 10.2 Å². The Kier molecular flexibility index (Phi) is 4.76. The lowest BCUT2D eigenvalue weighted by molar-refractivity contribution is 0.102. The summed E-state index contributed by atoms with van der Waals surface area (Å²) in [7, 11) is 0. The topological polar surface area (TPSA) is 58.1 Å². The highest BCUT2D eigenvalue weighted by Gasteiger charge is 2.16. The van der Waals surface area contributed by atoms with Gasteiger partial charge in [0.2, 0.25) is 0 Å². The van der Waals surface area contributed by atoms with Crippen molar-refractivity contribution in [1.82, 2.24) is 9.97 Å². The average Bonchev–Trinajstić information content (AvgIpc) is 2.59. The van der Waals surface area contributed by atoms with Gasteiger partial charge in [-0.25, -0.2) is 9.97 Å². The first-order valence-corrected chi connectivity index (χ1v) is 8.16. The lowest BCUT2D eigenvalue weighted by Gasteiger charge is -2.27. The summed E-state index contributed by atoms with van der Waals surface area (Å²) >= 11 is 5.99. The number of carbonyl (C=O) groups excluding carboxylic acids is 1. The van der Waals surface area contributed by atoms with Crippen LogP contribution in [0, 0.1) is 6.92 Å². The zero-order chi connectivity index (χ0) is 16.2. The highest BCUT2D eigenvalue weighted by Crippen LogP contribution is 2.22. The molecule has 0 radical (unpaired) electrons. The van der Waals surface area contributed by atoms with E-state index >= 15 is 0 Å². The number of anilines is 2. The molecule has 1 saturated heterocycles. The van der Waals surface area contributed by atoms with Crippen molar-refractivity contribution in [2.24, 2.45) is 0 Å². The van der Waals surface area contributed by atoms with Gasteiger partial charge in [-0.1, -0.05) is 17.7 Å². The molecular formula is C17H19ClN4O. The Bertz CT molecular complexity index is 713. The van der Waals surface area contributed by atoms with E-state index in [2.05, 4.69) is 20.2 Å². The number of hydrogen-bond acceptors (Lipinski definition) is 4. The van der Waals surface area contributed by atoms with Crippen molar-refractivity contribution < 1.29 is 4.79 Å². The monoisotopic (exact) mass is 330 g/mol. The smallest absolute Gasteiger partial charge is 0.274 e. The maximum absolute atomic E-state index is 12.4. The average molecular weight is 331 g/mol. The largest absolute Gasteiger partial charge is 0.357 e. The van der Waals surface area contributed by atoms with Gasteiger partial charge in [0.15, 0.2) is 0 Å². The quantitative estimate of drug-likeness (QED) is 0.932. The number of carbonyl (C=O) groups is 1. The van der Waals surface area contributed by atoms with E-state index in [1.807, 2.05) is 13.0 Å². The molecule has 1 aliphatic rings. The Labute approximate surface area is 140 Å². The fraction of sp³-hybridized carbons (Fsp3) is 0.353. The van der Waals surface area contributed by atoms with E-state index in [0.717, 1.165) is 37.3 Å². The standard InChI is InChI=1S/C17H19ClN4O/c1-12-5-6-13(18)9-14(12)21-17(23)15-10-16(20-11-19-15)22-7-3-2-4-8-22/h5-6,9-11H,2-4,7-8H2,1H3,(H,21,23). The van der Waals surface area contributed by atoms with Crippen LogP contribution in [-0.4, -0.2) is 29.0 Å². The van der Waals surface area contributed by atoms with E-state index in [1.165, 1.54) is 12.7 Å². The third kappa shape index (κ3) is 3.79. The molecule has 0 spiro atoms. The second-order valence-electron chi connectivity index (χ2n) is 5.72. The highest BCUT2D eigenvalue weighted by molar-refractivity contribution is 6.31. The molecule has 3 rings (SSSR count). The maximum atomic E-state index is 12.4. The van der Waals surface area contributed by atoms with Crippen molar-refractivity contribution in [3.05, 3.63) is 46.9 Å². The molecule has 120 valence electrons. The van der Waals surface area contributed by atoms with Crippen molar-refractivity contribution in [2.45, 2.75) is 26.2 Å². The summed E-state index contributed by atoms with van der Waals surface area (Å²) in [6.45, 7) is 3.88. The van der Waals surface area contributed by atoms with Crippen molar-refractivity contribution in [3.8, 4) is 0 Å². The van der Waals surface area contributed by atoms with Crippen LogP contribution in [0.2, 0.25) is 5.02 Å². The van der Waals surface area contributed by atoms with Crippen LogP contribution < -0.4 is 10.2 Å². The molecule has 0 aliphatic carbocycles. The number of piperidine rings is 1. The molecule has 0 bridgehead atoms.